The fraction of sp³-hybridized carbons (Fsp3) is 0.333. The smallest absolute Gasteiger partial charge is 0.246 e. The van der Waals surface area contributed by atoms with Crippen LogP contribution in [0.4, 0.5) is 0 Å². The van der Waals surface area contributed by atoms with E-state index in [1.807, 2.05) is 0 Å². The molecule has 2 rings (SSSR count). The highest BCUT2D eigenvalue weighted by Crippen LogP contribution is 2.34. The molecule has 1 heterocycles. The van der Waals surface area contributed by atoms with Crippen molar-refractivity contribution in [1.29, 1.82) is 0 Å². The molecule has 0 fully saturated rings. The van der Waals surface area contributed by atoms with Crippen LogP contribution in [0.3, 0.4) is 0 Å². The number of hydrogen-bond donors (Lipinski definition) is 4. The van der Waals surface area contributed by atoms with Crippen LogP contribution < -0.4 is 20.7 Å². The standard InChI is InChI=1S/C12H17ClN4O2S/c1-14-11-10(8-4-6-9(13)7-5-8)20(18,19)17-12(11,15-2)16-3/h4-7,14-17H,1-3H3. The number of rotatable bonds is 4. The van der Waals surface area contributed by atoms with E-state index in [9.17, 15) is 8.42 Å². The predicted molar refractivity (Wildman–Crippen MR) is 80.3 cm³/mol. The molecule has 0 saturated heterocycles. The summed E-state index contributed by atoms with van der Waals surface area (Å²) < 4.78 is 27.4. The molecule has 6 nitrogen and oxygen atoms in total. The van der Waals surface area contributed by atoms with E-state index in [0.29, 0.717) is 16.3 Å². The maximum absolute atomic E-state index is 12.4. The zero-order valence-corrected chi connectivity index (χ0v) is 13.0. The van der Waals surface area contributed by atoms with Crippen LogP contribution in [0.2, 0.25) is 5.02 Å². The molecule has 1 aliphatic heterocycles. The summed E-state index contributed by atoms with van der Waals surface area (Å²) in [4.78, 5) is 0.195. The number of benzene rings is 1. The van der Waals surface area contributed by atoms with Crippen molar-refractivity contribution in [3.63, 3.8) is 0 Å². The van der Waals surface area contributed by atoms with Gasteiger partial charge in [0.15, 0.2) is 5.79 Å². The van der Waals surface area contributed by atoms with E-state index in [1.165, 1.54) is 0 Å². The van der Waals surface area contributed by atoms with E-state index >= 15 is 0 Å². The molecular weight excluding hydrogens is 300 g/mol. The lowest BCUT2D eigenvalue weighted by Crippen LogP contribution is -2.65. The van der Waals surface area contributed by atoms with E-state index in [-0.39, 0.29) is 4.91 Å². The van der Waals surface area contributed by atoms with Crippen molar-refractivity contribution in [2.45, 2.75) is 5.79 Å². The number of nitrogens with one attached hydrogen (secondary N) is 4. The van der Waals surface area contributed by atoms with Gasteiger partial charge in [-0.15, -0.1) is 0 Å². The lowest BCUT2D eigenvalue weighted by atomic mass is 10.1. The molecule has 1 aromatic rings. The highest BCUT2D eigenvalue weighted by molar-refractivity contribution is 7.99. The Morgan fingerprint density at radius 1 is 1.10 bits per heavy atom. The fourth-order valence-electron chi connectivity index (χ4n) is 2.29. The average Bonchev–Trinajstić information content (AvgIpc) is 2.67. The maximum Gasteiger partial charge on any atom is 0.246 e. The molecule has 1 aromatic carbocycles. The second kappa shape index (κ2) is 5.34. The van der Waals surface area contributed by atoms with Crippen LogP contribution in [-0.2, 0) is 10.0 Å². The van der Waals surface area contributed by atoms with Crippen molar-refractivity contribution >= 4 is 26.5 Å². The first-order valence-electron chi connectivity index (χ1n) is 6.00. The van der Waals surface area contributed by atoms with Gasteiger partial charge < -0.3 is 5.32 Å². The number of likely N-dealkylation sites (N-methyl/N-ethyl adjacent to an activating group) is 3. The van der Waals surface area contributed by atoms with Crippen molar-refractivity contribution in [2.75, 3.05) is 21.1 Å². The highest BCUT2D eigenvalue weighted by Gasteiger charge is 2.47. The number of sulfonamides is 1. The van der Waals surface area contributed by atoms with Crippen molar-refractivity contribution in [1.82, 2.24) is 20.7 Å². The first kappa shape index (κ1) is 15.3. The Morgan fingerprint density at radius 2 is 1.65 bits per heavy atom. The van der Waals surface area contributed by atoms with E-state index < -0.39 is 15.8 Å². The zero-order valence-electron chi connectivity index (χ0n) is 11.4. The summed E-state index contributed by atoms with van der Waals surface area (Å²) >= 11 is 5.85. The molecule has 20 heavy (non-hydrogen) atoms. The van der Waals surface area contributed by atoms with E-state index in [4.69, 9.17) is 11.6 Å². The minimum Gasteiger partial charge on any atom is -0.387 e. The van der Waals surface area contributed by atoms with Crippen LogP contribution in [0.1, 0.15) is 5.56 Å². The van der Waals surface area contributed by atoms with Crippen molar-refractivity contribution in [2.24, 2.45) is 0 Å². The zero-order chi connectivity index (χ0) is 15.0. The lowest BCUT2D eigenvalue weighted by molar-refractivity contribution is 0.325. The van der Waals surface area contributed by atoms with Gasteiger partial charge in [0.1, 0.15) is 4.91 Å². The summed E-state index contributed by atoms with van der Waals surface area (Å²) in [5.41, 5.74) is 1.07. The molecule has 0 radical (unpaired) electrons. The van der Waals surface area contributed by atoms with Gasteiger partial charge in [-0.3, -0.25) is 10.6 Å². The Kier molecular flexibility index (Phi) is 4.08. The average molecular weight is 317 g/mol. The monoisotopic (exact) mass is 316 g/mol. The largest absolute Gasteiger partial charge is 0.387 e. The van der Waals surface area contributed by atoms with Crippen LogP contribution in [0.15, 0.2) is 30.0 Å². The Bertz CT molecular complexity index is 636. The molecule has 0 aromatic heterocycles. The van der Waals surface area contributed by atoms with Gasteiger partial charge in [0, 0.05) is 12.1 Å². The summed E-state index contributed by atoms with van der Waals surface area (Å²) in [5.74, 6) is -1.05. The number of halogens is 1. The Morgan fingerprint density at radius 3 is 2.10 bits per heavy atom. The van der Waals surface area contributed by atoms with Gasteiger partial charge in [-0.05, 0) is 31.8 Å². The third kappa shape index (κ3) is 2.32. The van der Waals surface area contributed by atoms with Crippen LogP contribution in [0.5, 0.6) is 0 Å². The van der Waals surface area contributed by atoms with Gasteiger partial charge in [-0.1, -0.05) is 23.7 Å². The Balaban J connectivity index is 2.70. The van der Waals surface area contributed by atoms with Gasteiger partial charge >= 0.3 is 0 Å². The minimum atomic E-state index is -3.65. The van der Waals surface area contributed by atoms with Gasteiger partial charge in [0.05, 0.1) is 5.70 Å². The van der Waals surface area contributed by atoms with Crippen molar-refractivity contribution in [3.8, 4) is 0 Å². The molecule has 1 aliphatic rings. The Hall–Kier alpha value is -1.12. The molecule has 0 amide bonds. The molecule has 0 saturated carbocycles. The quantitative estimate of drug-likeness (QED) is 0.599. The van der Waals surface area contributed by atoms with Crippen molar-refractivity contribution in [3.05, 3.63) is 40.5 Å². The molecule has 0 unspecified atom stereocenters. The van der Waals surface area contributed by atoms with Gasteiger partial charge in [0.2, 0.25) is 10.0 Å². The van der Waals surface area contributed by atoms with E-state index in [2.05, 4.69) is 20.7 Å². The van der Waals surface area contributed by atoms with Crippen LogP contribution in [0, 0.1) is 0 Å². The molecule has 8 heteroatoms. The first-order chi connectivity index (χ1) is 9.40. The second-order valence-corrected chi connectivity index (χ2v) is 6.37. The van der Waals surface area contributed by atoms with Crippen LogP contribution in [-0.4, -0.2) is 35.3 Å². The van der Waals surface area contributed by atoms with Gasteiger partial charge in [-0.25, -0.2) is 8.42 Å². The molecular formula is C12H17ClN4O2S. The molecule has 4 N–H and O–H groups in total. The molecule has 110 valence electrons. The predicted octanol–water partition coefficient (Wildman–Crippen LogP) is 0.254. The first-order valence-corrected chi connectivity index (χ1v) is 7.86. The van der Waals surface area contributed by atoms with Crippen LogP contribution >= 0.6 is 11.6 Å². The summed E-state index contributed by atoms with van der Waals surface area (Å²) in [6.07, 6.45) is 0. The summed E-state index contributed by atoms with van der Waals surface area (Å²) in [6, 6.07) is 6.67. The van der Waals surface area contributed by atoms with Gasteiger partial charge in [-0.2, -0.15) is 4.72 Å². The number of hydrogen-bond acceptors (Lipinski definition) is 5. The summed E-state index contributed by atoms with van der Waals surface area (Å²) in [7, 11) is 1.37. The minimum absolute atomic E-state index is 0.195. The molecule has 0 aliphatic carbocycles. The maximum atomic E-state index is 12.4. The summed E-state index contributed by atoms with van der Waals surface area (Å²) in [5, 5.41) is 9.40. The third-order valence-corrected chi connectivity index (χ3v) is 5.07. The second-order valence-electron chi connectivity index (χ2n) is 4.32. The summed E-state index contributed by atoms with van der Waals surface area (Å²) in [6.45, 7) is 0. The SMILES string of the molecule is CNC1=C(c2ccc(Cl)cc2)S(=O)(=O)NC1(NC)NC. The van der Waals surface area contributed by atoms with Crippen LogP contribution in [0.25, 0.3) is 4.91 Å². The lowest BCUT2D eigenvalue weighted by Gasteiger charge is -2.30. The topological polar surface area (TPSA) is 82.3 Å². The van der Waals surface area contributed by atoms with E-state index in [0.717, 1.165) is 0 Å². The fourth-order valence-corrected chi connectivity index (χ4v) is 4.19. The van der Waals surface area contributed by atoms with Crippen molar-refractivity contribution < 1.29 is 8.42 Å². The normalized spacial score (nSPS) is 20.2. The van der Waals surface area contributed by atoms with E-state index in [1.54, 1.807) is 45.4 Å². The Labute approximate surface area is 123 Å². The molecule has 0 bridgehead atoms. The molecule has 0 atom stereocenters. The highest BCUT2D eigenvalue weighted by atomic mass is 35.5. The van der Waals surface area contributed by atoms with Gasteiger partial charge in [0.25, 0.3) is 0 Å². The molecule has 0 spiro atoms. The third-order valence-electron chi connectivity index (χ3n) is 3.26.